The highest BCUT2D eigenvalue weighted by Gasteiger charge is 2.61. The first-order chi connectivity index (χ1) is 27.2. The van der Waals surface area contributed by atoms with Crippen LogP contribution in [-0.2, 0) is 5.41 Å². The molecule has 2 heterocycles. The zero-order valence-corrected chi connectivity index (χ0v) is 30.8. The van der Waals surface area contributed by atoms with Crippen LogP contribution in [0.3, 0.4) is 0 Å². The smallest absolute Gasteiger partial charge is 0.160 e. The molecule has 13 rings (SSSR count). The average molecular weight is 708 g/mol. The van der Waals surface area contributed by atoms with E-state index in [0.29, 0.717) is 11.8 Å². The van der Waals surface area contributed by atoms with E-state index in [-0.39, 0.29) is 5.41 Å². The second-order valence-corrected chi connectivity index (χ2v) is 16.6. The van der Waals surface area contributed by atoms with Crippen LogP contribution in [0.5, 0.6) is 0 Å². The third kappa shape index (κ3) is 4.62. The van der Waals surface area contributed by atoms with Gasteiger partial charge in [0.2, 0.25) is 0 Å². The molecule has 4 saturated carbocycles. The van der Waals surface area contributed by atoms with Crippen LogP contribution >= 0.6 is 0 Å². The summed E-state index contributed by atoms with van der Waals surface area (Å²) in [5.41, 5.74) is 13.5. The molecular formula is C52H41N3. The average Bonchev–Trinajstić information content (AvgIpc) is 3.24. The number of hydrogen-bond acceptors (Lipinski definition) is 3. The van der Waals surface area contributed by atoms with E-state index < -0.39 is 0 Å². The van der Waals surface area contributed by atoms with E-state index >= 15 is 0 Å². The second-order valence-electron chi connectivity index (χ2n) is 16.6. The van der Waals surface area contributed by atoms with E-state index in [1.54, 1.807) is 5.56 Å². The number of rotatable bonds is 4. The summed E-state index contributed by atoms with van der Waals surface area (Å²) in [4.78, 5) is 13.1. The third-order valence-corrected chi connectivity index (χ3v) is 13.8. The molecule has 55 heavy (non-hydrogen) atoms. The molecule has 4 fully saturated rings. The minimum Gasteiger partial charge on any atom is -0.310 e. The van der Waals surface area contributed by atoms with Gasteiger partial charge in [-0.3, -0.25) is 0 Å². The van der Waals surface area contributed by atoms with Crippen LogP contribution in [0.25, 0.3) is 55.4 Å². The highest BCUT2D eigenvalue weighted by molar-refractivity contribution is 6.03. The Morgan fingerprint density at radius 1 is 0.473 bits per heavy atom. The minimum absolute atomic E-state index is 0.0575. The Bertz CT molecular complexity index is 2770. The maximum atomic E-state index is 5.35. The Labute approximate surface area is 322 Å². The standard InChI is InChI=1S/C52H41N3/c1-2-16-41(17-3-1)55-48-23-9-7-21-45(48)52(39-27-33-26-34(29-39)30-40(52)28-33)46-25-24-37(32-49(46)55)36-14-10-15-38(31-36)51-53-47-22-8-6-19-44(47)50(54-51)43-20-11-13-35-12-4-5-18-42(35)43/h1-25,31-34,39-40H,26-30H2. The summed E-state index contributed by atoms with van der Waals surface area (Å²) < 4.78 is 0. The van der Waals surface area contributed by atoms with Crippen LogP contribution in [0, 0.1) is 23.7 Å². The highest BCUT2D eigenvalue weighted by Crippen LogP contribution is 2.69. The van der Waals surface area contributed by atoms with Crippen LogP contribution in [0.15, 0.2) is 164 Å². The summed E-state index contributed by atoms with van der Waals surface area (Å²) >= 11 is 0. The topological polar surface area (TPSA) is 29.0 Å². The summed E-state index contributed by atoms with van der Waals surface area (Å²) in [7, 11) is 0. The number of hydrogen-bond donors (Lipinski definition) is 0. The fourth-order valence-corrected chi connectivity index (χ4v) is 11.9. The second kappa shape index (κ2) is 12.0. The summed E-state index contributed by atoms with van der Waals surface area (Å²) in [5, 5.41) is 3.47. The molecule has 0 atom stereocenters. The Morgan fingerprint density at radius 3 is 1.98 bits per heavy atom. The molecule has 4 aliphatic carbocycles. The number of benzene rings is 7. The first-order valence-corrected chi connectivity index (χ1v) is 20.2. The van der Waals surface area contributed by atoms with Crippen LogP contribution in [0.1, 0.15) is 43.2 Å². The molecule has 3 heteroatoms. The Morgan fingerprint density at radius 2 is 1.13 bits per heavy atom. The Balaban J connectivity index is 1.03. The lowest BCUT2D eigenvalue weighted by atomic mass is 9.41. The highest BCUT2D eigenvalue weighted by atomic mass is 15.2. The molecule has 4 bridgehead atoms. The van der Waals surface area contributed by atoms with E-state index in [1.165, 1.54) is 76.6 Å². The summed E-state index contributed by atoms with van der Waals surface area (Å²) in [6, 6.07) is 60.2. The molecule has 7 aromatic carbocycles. The van der Waals surface area contributed by atoms with Crippen LogP contribution in [-0.4, -0.2) is 9.97 Å². The van der Waals surface area contributed by atoms with Gasteiger partial charge in [-0.2, -0.15) is 0 Å². The van der Waals surface area contributed by atoms with Crippen molar-refractivity contribution < 1.29 is 0 Å². The molecule has 8 aromatic rings. The van der Waals surface area contributed by atoms with Gasteiger partial charge in [0.15, 0.2) is 5.82 Å². The van der Waals surface area contributed by atoms with Crippen molar-refractivity contribution in [3.05, 3.63) is 175 Å². The zero-order valence-electron chi connectivity index (χ0n) is 30.8. The van der Waals surface area contributed by atoms with Gasteiger partial charge in [-0.05, 0) is 125 Å². The van der Waals surface area contributed by atoms with Crippen LogP contribution in [0.2, 0.25) is 0 Å². The quantitative estimate of drug-likeness (QED) is 0.182. The van der Waals surface area contributed by atoms with Crippen LogP contribution < -0.4 is 4.90 Å². The first kappa shape index (κ1) is 31.3. The van der Waals surface area contributed by atoms with Crippen molar-refractivity contribution in [2.75, 3.05) is 4.90 Å². The van der Waals surface area contributed by atoms with Crippen LogP contribution in [0.4, 0.5) is 17.1 Å². The van der Waals surface area contributed by atoms with E-state index in [2.05, 4.69) is 169 Å². The summed E-state index contributed by atoms with van der Waals surface area (Å²) in [6.45, 7) is 0. The largest absolute Gasteiger partial charge is 0.310 e. The van der Waals surface area contributed by atoms with Gasteiger partial charge >= 0.3 is 0 Å². The zero-order chi connectivity index (χ0) is 36.1. The maximum Gasteiger partial charge on any atom is 0.160 e. The lowest BCUT2D eigenvalue weighted by molar-refractivity contribution is -0.0419. The SMILES string of the molecule is c1ccc(N2c3ccccc3C3(c4ccc(-c5cccc(-c6nc(-c7cccc8ccccc78)c7ccccc7n6)c5)cc42)C2CC4CC(C2)CC3C4)cc1. The summed E-state index contributed by atoms with van der Waals surface area (Å²) in [5.74, 6) is 3.93. The molecule has 264 valence electrons. The van der Waals surface area contributed by atoms with Crippen molar-refractivity contribution in [3.8, 4) is 33.8 Å². The maximum absolute atomic E-state index is 5.35. The van der Waals surface area contributed by atoms with Gasteiger partial charge in [0.1, 0.15) is 0 Å². The Hall–Kier alpha value is -6.06. The van der Waals surface area contributed by atoms with Gasteiger partial charge in [0, 0.05) is 27.6 Å². The van der Waals surface area contributed by atoms with Gasteiger partial charge in [0.05, 0.1) is 22.6 Å². The predicted octanol–water partition coefficient (Wildman–Crippen LogP) is 13.3. The van der Waals surface area contributed by atoms with E-state index in [9.17, 15) is 0 Å². The number of aromatic nitrogens is 2. The van der Waals surface area contributed by atoms with E-state index in [4.69, 9.17) is 9.97 Å². The Kier molecular flexibility index (Phi) is 6.81. The monoisotopic (exact) mass is 707 g/mol. The molecule has 3 nitrogen and oxygen atoms in total. The lowest BCUT2D eigenvalue weighted by Crippen LogP contribution is -2.57. The van der Waals surface area contributed by atoms with Gasteiger partial charge in [0.25, 0.3) is 0 Å². The molecular weight excluding hydrogens is 667 g/mol. The number of nitrogens with zero attached hydrogens (tertiary/aromatic N) is 3. The van der Waals surface area contributed by atoms with Crippen molar-refractivity contribution in [2.45, 2.75) is 37.5 Å². The predicted molar refractivity (Wildman–Crippen MR) is 226 cm³/mol. The lowest BCUT2D eigenvalue weighted by Gasteiger charge is -2.64. The molecule has 5 aliphatic rings. The van der Waals surface area contributed by atoms with Crippen molar-refractivity contribution in [1.29, 1.82) is 0 Å². The number of anilines is 3. The normalized spacial score (nSPS) is 23.3. The molecule has 0 radical (unpaired) electrons. The van der Waals surface area contributed by atoms with Crippen molar-refractivity contribution in [3.63, 3.8) is 0 Å². The van der Waals surface area contributed by atoms with Crippen molar-refractivity contribution >= 4 is 38.7 Å². The molecule has 1 spiro atoms. The van der Waals surface area contributed by atoms with Gasteiger partial charge in [-0.25, -0.2) is 9.97 Å². The fraction of sp³-hybridized carbons (Fsp3) is 0.192. The first-order valence-electron chi connectivity index (χ1n) is 20.2. The minimum atomic E-state index is 0.0575. The molecule has 1 aliphatic heterocycles. The van der Waals surface area contributed by atoms with Gasteiger partial charge < -0.3 is 4.90 Å². The van der Waals surface area contributed by atoms with Gasteiger partial charge in [-0.15, -0.1) is 0 Å². The van der Waals surface area contributed by atoms with Crippen molar-refractivity contribution in [1.82, 2.24) is 9.97 Å². The molecule has 0 unspecified atom stereocenters. The summed E-state index contributed by atoms with van der Waals surface area (Å²) in [6.07, 6.45) is 6.91. The van der Waals surface area contributed by atoms with Crippen molar-refractivity contribution in [2.24, 2.45) is 23.7 Å². The number of para-hydroxylation sites is 3. The van der Waals surface area contributed by atoms with E-state index in [1.807, 2.05) is 0 Å². The molecule has 1 aromatic heterocycles. The number of fused-ring (bicyclic) bond motifs is 4. The molecule has 0 N–H and O–H groups in total. The fourth-order valence-electron chi connectivity index (χ4n) is 11.9. The third-order valence-electron chi connectivity index (χ3n) is 13.8. The van der Waals surface area contributed by atoms with E-state index in [0.717, 1.165) is 45.4 Å². The molecule has 0 saturated heterocycles. The molecule has 0 amide bonds. The van der Waals surface area contributed by atoms with Gasteiger partial charge in [-0.1, -0.05) is 127 Å².